The fourth-order valence-electron chi connectivity index (χ4n) is 2.78. The maximum atomic E-state index is 12.5. The van der Waals surface area contributed by atoms with Crippen molar-refractivity contribution in [2.75, 3.05) is 13.1 Å². The zero-order valence-corrected chi connectivity index (χ0v) is 15.0. The van der Waals surface area contributed by atoms with Crippen LogP contribution in [0.3, 0.4) is 0 Å². The third-order valence-corrected chi connectivity index (χ3v) is 5.34. The van der Waals surface area contributed by atoms with Crippen LogP contribution in [0.4, 0.5) is 0 Å². The van der Waals surface area contributed by atoms with Crippen LogP contribution >= 0.6 is 22.9 Å². The minimum atomic E-state index is 0.00391. The number of aryl methyl sites for hydroxylation is 1. The molecule has 0 aromatic carbocycles. The summed E-state index contributed by atoms with van der Waals surface area (Å²) in [4.78, 5) is 19.2. The Kier molecular flexibility index (Phi) is 4.26. The highest BCUT2D eigenvalue weighted by molar-refractivity contribution is 7.17. The largest absolute Gasteiger partial charge is 0.336 e. The van der Waals surface area contributed by atoms with Crippen molar-refractivity contribution in [3.63, 3.8) is 0 Å². The van der Waals surface area contributed by atoms with Gasteiger partial charge in [-0.3, -0.25) is 4.79 Å². The van der Waals surface area contributed by atoms with Gasteiger partial charge in [-0.25, -0.2) is 4.68 Å². The van der Waals surface area contributed by atoms with E-state index in [0.717, 1.165) is 6.42 Å². The average molecular weight is 379 g/mol. The summed E-state index contributed by atoms with van der Waals surface area (Å²) in [5, 5.41) is 12.1. The topological polar surface area (TPSA) is 89.9 Å². The maximum Gasteiger partial charge on any atom is 0.280 e. The normalized spacial score (nSPS) is 17.4. The van der Waals surface area contributed by atoms with Crippen LogP contribution in [0.15, 0.2) is 22.9 Å². The average Bonchev–Trinajstić information content (AvgIpc) is 3.37. The van der Waals surface area contributed by atoms with E-state index in [1.54, 1.807) is 23.0 Å². The summed E-state index contributed by atoms with van der Waals surface area (Å²) < 4.78 is 7.56. The molecule has 0 bridgehead atoms. The van der Waals surface area contributed by atoms with Crippen molar-refractivity contribution in [1.82, 2.24) is 30.0 Å². The van der Waals surface area contributed by atoms with Crippen LogP contribution < -0.4 is 0 Å². The maximum absolute atomic E-state index is 12.5. The molecule has 10 heteroatoms. The number of rotatable bonds is 4. The van der Waals surface area contributed by atoms with Gasteiger partial charge in [-0.2, -0.15) is 4.98 Å². The third kappa shape index (κ3) is 3.16. The van der Waals surface area contributed by atoms with E-state index >= 15 is 0 Å². The smallest absolute Gasteiger partial charge is 0.280 e. The molecular formula is C15H15ClN6O2S. The molecule has 0 saturated carbocycles. The van der Waals surface area contributed by atoms with E-state index in [1.807, 2.05) is 11.8 Å². The molecule has 4 heterocycles. The number of aromatic nitrogens is 5. The number of likely N-dealkylation sites (tertiary alicyclic amines) is 1. The summed E-state index contributed by atoms with van der Waals surface area (Å²) in [5.41, 5.74) is 0.544. The number of carbonyl (C=O) groups is 1. The first-order valence-electron chi connectivity index (χ1n) is 7.93. The van der Waals surface area contributed by atoms with Gasteiger partial charge in [-0.1, -0.05) is 28.9 Å². The van der Waals surface area contributed by atoms with E-state index in [9.17, 15) is 4.79 Å². The van der Waals surface area contributed by atoms with Gasteiger partial charge in [0.15, 0.2) is 11.5 Å². The summed E-state index contributed by atoms with van der Waals surface area (Å²) in [7, 11) is 0. The zero-order valence-electron chi connectivity index (χ0n) is 13.4. The lowest BCUT2D eigenvalue weighted by Crippen LogP contribution is -2.28. The van der Waals surface area contributed by atoms with Gasteiger partial charge >= 0.3 is 0 Å². The molecule has 3 aromatic heterocycles. The summed E-state index contributed by atoms with van der Waals surface area (Å²) in [6.45, 7) is 3.21. The van der Waals surface area contributed by atoms with Crippen molar-refractivity contribution >= 4 is 28.8 Å². The molecular weight excluding hydrogens is 364 g/mol. The van der Waals surface area contributed by atoms with Crippen molar-refractivity contribution in [1.29, 1.82) is 0 Å². The molecule has 0 N–H and O–H groups in total. The van der Waals surface area contributed by atoms with Gasteiger partial charge in [0.05, 0.1) is 21.5 Å². The van der Waals surface area contributed by atoms with Crippen LogP contribution in [0.2, 0.25) is 4.34 Å². The predicted molar refractivity (Wildman–Crippen MR) is 91.6 cm³/mol. The van der Waals surface area contributed by atoms with Crippen molar-refractivity contribution in [2.24, 2.45) is 0 Å². The number of halogens is 1. The van der Waals surface area contributed by atoms with Gasteiger partial charge in [-0.05, 0) is 18.6 Å². The van der Waals surface area contributed by atoms with Crippen LogP contribution in [0, 0.1) is 0 Å². The van der Waals surface area contributed by atoms with E-state index in [1.165, 1.54) is 11.3 Å². The number of thiophene rings is 1. The molecule has 1 aliphatic rings. The highest BCUT2D eigenvalue weighted by atomic mass is 35.5. The summed E-state index contributed by atoms with van der Waals surface area (Å²) >= 11 is 7.21. The number of amides is 1. The molecule has 1 fully saturated rings. The zero-order chi connectivity index (χ0) is 17.4. The molecule has 0 spiro atoms. The minimum Gasteiger partial charge on any atom is -0.336 e. The molecule has 1 saturated heterocycles. The molecule has 1 atom stereocenters. The fourth-order valence-corrected chi connectivity index (χ4v) is 3.79. The lowest BCUT2D eigenvalue weighted by molar-refractivity contribution is 0.0791. The minimum absolute atomic E-state index is 0.00391. The Morgan fingerprint density at radius 3 is 3.08 bits per heavy atom. The molecule has 130 valence electrons. The molecule has 4 rings (SSSR count). The molecule has 1 unspecified atom stereocenters. The Bertz CT molecular complexity index is 903. The SMILES string of the molecule is CCc1noc(-c2cn(C3CCN(C(=O)c4ccc(Cl)s4)C3)nn2)n1. The second kappa shape index (κ2) is 6.57. The summed E-state index contributed by atoms with van der Waals surface area (Å²) in [5.74, 6) is 1.00. The van der Waals surface area contributed by atoms with Crippen molar-refractivity contribution < 1.29 is 9.32 Å². The van der Waals surface area contributed by atoms with Crippen molar-refractivity contribution in [3.05, 3.63) is 33.4 Å². The standard InChI is InChI=1S/C15H15ClN6O2S/c1-2-13-17-14(24-19-13)10-8-22(20-18-10)9-5-6-21(7-9)15(23)11-3-4-12(16)25-11/h3-4,8-9H,2,5-7H2,1H3. The van der Waals surface area contributed by atoms with Gasteiger partial charge in [0.25, 0.3) is 11.8 Å². The molecule has 3 aromatic rings. The van der Waals surface area contributed by atoms with Gasteiger partial charge in [0.2, 0.25) is 0 Å². The van der Waals surface area contributed by atoms with Crippen LogP contribution in [-0.2, 0) is 6.42 Å². The first-order valence-corrected chi connectivity index (χ1v) is 9.13. The van der Waals surface area contributed by atoms with E-state index in [0.29, 0.717) is 46.1 Å². The lowest BCUT2D eigenvalue weighted by Gasteiger charge is -2.15. The quantitative estimate of drug-likeness (QED) is 0.693. The number of nitrogens with zero attached hydrogens (tertiary/aromatic N) is 6. The Labute approximate surface area is 152 Å². The van der Waals surface area contributed by atoms with Crippen LogP contribution in [0.1, 0.15) is 34.9 Å². The molecule has 1 aliphatic heterocycles. The van der Waals surface area contributed by atoms with Crippen molar-refractivity contribution in [3.8, 4) is 11.6 Å². The van der Waals surface area contributed by atoms with Crippen molar-refractivity contribution in [2.45, 2.75) is 25.8 Å². The molecule has 0 aliphatic carbocycles. The molecule has 0 radical (unpaired) electrons. The van der Waals surface area contributed by atoms with Gasteiger partial charge in [-0.15, -0.1) is 16.4 Å². The fraction of sp³-hybridized carbons (Fsp3) is 0.400. The van der Waals surface area contributed by atoms with Crippen LogP contribution in [-0.4, -0.2) is 49.0 Å². The number of hydrogen-bond acceptors (Lipinski definition) is 7. The van der Waals surface area contributed by atoms with E-state index < -0.39 is 0 Å². The Balaban J connectivity index is 1.46. The highest BCUT2D eigenvalue weighted by Crippen LogP contribution is 2.27. The Morgan fingerprint density at radius 1 is 1.48 bits per heavy atom. The van der Waals surface area contributed by atoms with Gasteiger partial charge in [0.1, 0.15) is 0 Å². The van der Waals surface area contributed by atoms with Gasteiger partial charge in [0, 0.05) is 19.5 Å². The Morgan fingerprint density at radius 2 is 2.36 bits per heavy atom. The van der Waals surface area contributed by atoms with E-state index in [2.05, 4.69) is 20.5 Å². The number of hydrogen-bond donors (Lipinski definition) is 0. The molecule has 8 nitrogen and oxygen atoms in total. The summed E-state index contributed by atoms with van der Waals surface area (Å²) in [6, 6.07) is 3.58. The van der Waals surface area contributed by atoms with Gasteiger partial charge < -0.3 is 9.42 Å². The van der Waals surface area contributed by atoms with Crippen LogP contribution in [0.25, 0.3) is 11.6 Å². The molecule has 1 amide bonds. The summed E-state index contributed by atoms with van der Waals surface area (Å²) in [6.07, 6.45) is 3.30. The first kappa shape index (κ1) is 16.2. The number of carbonyl (C=O) groups excluding carboxylic acids is 1. The van der Waals surface area contributed by atoms with Crippen LogP contribution in [0.5, 0.6) is 0 Å². The predicted octanol–water partition coefficient (Wildman–Crippen LogP) is 2.69. The van der Waals surface area contributed by atoms with E-state index in [-0.39, 0.29) is 11.9 Å². The third-order valence-electron chi connectivity index (χ3n) is 4.12. The Hall–Kier alpha value is -2.26. The monoisotopic (exact) mass is 378 g/mol. The lowest BCUT2D eigenvalue weighted by atomic mass is 10.3. The first-order chi connectivity index (χ1) is 12.1. The second-order valence-corrected chi connectivity index (χ2v) is 7.47. The second-order valence-electron chi connectivity index (χ2n) is 5.75. The van der Waals surface area contributed by atoms with E-state index in [4.69, 9.17) is 16.1 Å². The highest BCUT2D eigenvalue weighted by Gasteiger charge is 2.30. The molecule has 25 heavy (non-hydrogen) atoms.